The first-order chi connectivity index (χ1) is 15.7. The van der Waals surface area contributed by atoms with Crippen molar-refractivity contribution in [3.05, 3.63) is 75.8 Å². The van der Waals surface area contributed by atoms with E-state index in [-0.39, 0.29) is 23.6 Å². The van der Waals surface area contributed by atoms with Crippen LogP contribution >= 0.6 is 0 Å². The number of nitrogens with zero attached hydrogens (tertiary/aromatic N) is 4. The second-order valence-electron chi connectivity index (χ2n) is 7.75. The summed E-state index contributed by atoms with van der Waals surface area (Å²) in [5.74, 6) is -1.74. The van der Waals surface area contributed by atoms with Crippen molar-refractivity contribution in [2.45, 2.75) is 20.0 Å². The molecular formula is C23H22N6O4. The van der Waals surface area contributed by atoms with Gasteiger partial charge < -0.3 is 16.2 Å². The van der Waals surface area contributed by atoms with E-state index in [1.54, 1.807) is 30.2 Å². The standard InChI is InChI=1S/C23H22N6O4/c1-13-3-5-14(6-4-13)9-25-22(32)18-8-15-7-17(16-10-26-28(2)11-16)20(24)27-21(15)29(23(18)33)12-19(30)31/h3-8,10-11H,9,12H2,1-2H3,(H2,24,27)(H,25,32)(H,30,31). The predicted molar refractivity (Wildman–Crippen MR) is 123 cm³/mol. The highest BCUT2D eigenvalue weighted by molar-refractivity contribution is 5.98. The Bertz CT molecular complexity index is 1440. The molecule has 0 unspecified atom stereocenters. The molecule has 0 aliphatic rings. The summed E-state index contributed by atoms with van der Waals surface area (Å²) in [4.78, 5) is 41.6. The summed E-state index contributed by atoms with van der Waals surface area (Å²) >= 11 is 0. The Balaban J connectivity index is 1.79. The van der Waals surface area contributed by atoms with Crippen LogP contribution in [0.5, 0.6) is 0 Å². The maximum absolute atomic E-state index is 13.0. The highest BCUT2D eigenvalue weighted by Crippen LogP contribution is 2.28. The number of amides is 1. The fourth-order valence-electron chi connectivity index (χ4n) is 3.53. The van der Waals surface area contributed by atoms with Gasteiger partial charge in [0.05, 0.1) is 6.20 Å². The Morgan fingerprint density at radius 1 is 1.18 bits per heavy atom. The number of anilines is 1. The molecule has 4 rings (SSSR count). The molecule has 1 aromatic carbocycles. The Morgan fingerprint density at radius 3 is 2.55 bits per heavy atom. The van der Waals surface area contributed by atoms with E-state index in [0.717, 1.165) is 15.7 Å². The highest BCUT2D eigenvalue weighted by atomic mass is 16.4. The maximum Gasteiger partial charge on any atom is 0.323 e. The van der Waals surface area contributed by atoms with Crippen LogP contribution in [0.2, 0.25) is 0 Å². The van der Waals surface area contributed by atoms with E-state index >= 15 is 0 Å². The number of carbonyl (C=O) groups is 2. The molecule has 0 saturated carbocycles. The lowest BCUT2D eigenvalue weighted by atomic mass is 10.1. The van der Waals surface area contributed by atoms with E-state index in [1.165, 1.54) is 6.07 Å². The minimum absolute atomic E-state index is 0.0858. The zero-order valence-electron chi connectivity index (χ0n) is 18.1. The van der Waals surface area contributed by atoms with Crippen LogP contribution in [0.4, 0.5) is 5.82 Å². The first kappa shape index (κ1) is 21.8. The van der Waals surface area contributed by atoms with Gasteiger partial charge in [0.25, 0.3) is 11.5 Å². The van der Waals surface area contributed by atoms with Gasteiger partial charge in [-0.3, -0.25) is 23.6 Å². The predicted octanol–water partition coefficient (Wildman–Crippen LogP) is 1.70. The number of fused-ring (bicyclic) bond motifs is 1. The number of aliphatic carboxylic acids is 1. The number of carboxylic acid groups (broad SMARTS) is 1. The molecule has 3 heterocycles. The van der Waals surface area contributed by atoms with Crippen molar-refractivity contribution in [1.29, 1.82) is 0 Å². The van der Waals surface area contributed by atoms with Crippen LogP contribution in [0.25, 0.3) is 22.2 Å². The van der Waals surface area contributed by atoms with Crippen molar-refractivity contribution in [3.63, 3.8) is 0 Å². The van der Waals surface area contributed by atoms with E-state index in [2.05, 4.69) is 15.4 Å². The molecule has 4 aromatic rings. The molecule has 0 atom stereocenters. The molecule has 0 saturated heterocycles. The summed E-state index contributed by atoms with van der Waals surface area (Å²) < 4.78 is 2.55. The molecular weight excluding hydrogens is 424 g/mol. The van der Waals surface area contributed by atoms with Crippen LogP contribution in [0, 0.1) is 6.92 Å². The molecule has 0 spiro atoms. The summed E-state index contributed by atoms with van der Waals surface area (Å²) in [6.45, 7) is 1.52. The minimum atomic E-state index is -1.24. The van der Waals surface area contributed by atoms with Gasteiger partial charge in [-0.15, -0.1) is 0 Å². The quantitative estimate of drug-likeness (QED) is 0.409. The number of pyridine rings is 2. The summed E-state index contributed by atoms with van der Waals surface area (Å²) in [6, 6.07) is 10.7. The lowest BCUT2D eigenvalue weighted by Gasteiger charge is -2.13. The van der Waals surface area contributed by atoms with Crippen LogP contribution in [0.15, 0.2) is 53.6 Å². The van der Waals surface area contributed by atoms with Crippen LogP contribution < -0.4 is 16.6 Å². The summed E-state index contributed by atoms with van der Waals surface area (Å²) in [6.07, 6.45) is 3.36. The molecule has 0 aliphatic carbocycles. The van der Waals surface area contributed by atoms with Gasteiger partial charge in [-0.1, -0.05) is 29.8 Å². The zero-order chi connectivity index (χ0) is 23.7. The molecule has 0 aliphatic heterocycles. The van der Waals surface area contributed by atoms with Gasteiger partial charge in [0, 0.05) is 36.3 Å². The van der Waals surface area contributed by atoms with Crippen molar-refractivity contribution >= 4 is 28.7 Å². The lowest BCUT2D eigenvalue weighted by molar-refractivity contribution is -0.137. The third kappa shape index (κ3) is 4.45. The van der Waals surface area contributed by atoms with Crippen molar-refractivity contribution in [2.75, 3.05) is 5.73 Å². The fraction of sp³-hybridized carbons (Fsp3) is 0.174. The Hall–Kier alpha value is -4.47. The number of benzene rings is 1. The van der Waals surface area contributed by atoms with Gasteiger partial charge in [0.15, 0.2) is 0 Å². The van der Waals surface area contributed by atoms with Crippen molar-refractivity contribution in [3.8, 4) is 11.1 Å². The third-order valence-corrected chi connectivity index (χ3v) is 5.22. The van der Waals surface area contributed by atoms with Crippen molar-refractivity contribution in [2.24, 2.45) is 7.05 Å². The SMILES string of the molecule is Cc1ccc(CNC(=O)c2cc3cc(-c4cnn(C)c4)c(N)nc3n(CC(=O)O)c2=O)cc1. The molecule has 168 valence electrons. The third-order valence-electron chi connectivity index (χ3n) is 5.22. The number of aromatic nitrogens is 4. The first-order valence-corrected chi connectivity index (χ1v) is 10.1. The van der Waals surface area contributed by atoms with Crippen molar-refractivity contribution in [1.82, 2.24) is 24.6 Å². The van der Waals surface area contributed by atoms with Crippen LogP contribution in [0.3, 0.4) is 0 Å². The average molecular weight is 446 g/mol. The van der Waals surface area contributed by atoms with Gasteiger partial charge in [-0.2, -0.15) is 5.10 Å². The van der Waals surface area contributed by atoms with E-state index < -0.39 is 24.0 Å². The highest BCUT2D eigenvalue weighted by Gasteiger charge is 2.20. The fourth-order valence-corrected chi connectivity index (χ4v) is 3.53. The Kier molecular flexibility index (Phi) is 5.65. The summed E-state index contributed by atoms with van der Waals surface area (Å²) in [5.41, 5.74) is 8.47. The van der Waals surface area contributed by atoms with E-state index in [1.807, 2.05) is 31.2 Å². The molecule has 10 heteroatoms. The van der Waals surface area contributed by atoms with Gasteiger partial charge in [-0.25, -0.2) is 4.98 Å². The molecule has 4 N–H and O–H groups in total. The number of rotatable bonds is 6. The van der Waals surface area contributed by atoms with Gasteiger partial charge in [0.2, 0.25) is 0 Å². The topological polar surface area (TPSA) is 145 Å². The normalized spacial score (nSPS) is 11.0. The van der Waals surface area contributed by atoms with Crippen LogP contribution in [-0.2, 0) is 24.9 Å². The monoisotopic (exact) mass is 446 g/mol. The van der Waals surface area contributed by atoms with Gasteiger partial charge in [0.1, 0.15) is 23.6 Å². The smallest absolute Gasteiger partial charge is 0.323 e. The second-order valence-corrected chi connectivity index (χ2v) is 7.75. The second kappa shape index (κ2) is 8.58. The number of nitrogen functional groups attached to an aromatic ring is 1. The Labute approximate surface area is 188 Å². The molecule has 0 radical (unpaired) electrons. The molecule has 33 heavy (non-hydrogen) atoms. The first-order valence-electron chi connectivity index (χ1n) is 10.1. The van der Waals surface area contributed by atoms with E-state index in [0.29, 0.717) is 16.5 Å². The number of hydrogen-bond acceptors (Lipinski definition) is 6. The van der Waals surface area contributed by atoms with E-state index in [9.17, 15) is 19.5 Å². The molecule has 3 aromatic heterocycles. The number of nitrogens with two attached hydrogens (primary N) is 1. The molecule has 0 fully saturated rings. The Morgan fingerprint density at radius 2 is 1.91 bits per heavy atom. The zero-order valence-corrected chi connectivity index (χ0v) is 18.1. The number of nitrogens with one attached hydrogen (secondary N) is 1. The summed E-state index contributed by atoms with van der Waals surface area (Å²) in [5, 5.41) is 16.6. The molecule has 10 nitrogen and oxygen atoms in total. The summed E-state index contributed by atoms with van der Waals surface area (Å²) in [7, 11) is 1.76. The van der Waals surface area contributed by atoms with E-state index in [4.69, 9.17) is 5.73 Å². The van der Waals surface area contributed by atoms with Crippen LogP contribution in [0.1, 0.15) is 21.5 Å². The lowest BCUT2D eigenvalue weighted by Crippen LogP contribution is -2.34. The van der Waals surface area contributed by atoms with Crippen molar-refractivity contribution < 1.29 is 14.7 Å². The maximum atomic E-state index is 13.0. The number of hydrogen-bond donors (Lipinski definition) is 3. The number of carboxylic acids is 1. The van der Waals surface area contributed by atoms with Gasteiger partial charge in [-0.05, 0) is 24.6 Å². The van der Waals surface area contributed by atoms with Crippen LogP contribution in [-0.4, -0.2) is 36.3 Å². The number of carbonyl (C=O) groups excluding carboxylic acids is 1. The molecule has 1 amide bonds. The number of aryl methyl sites for hydroxylation is 2. The average Bonchev–Trinajstić information content (AvgIpc) is 3.20. The van der Waals surface area contributed by atoms with Gasteiger partial charge >= 0.3 is 5.97 Å². The minimum Gasteiger partial charge on any atom is -0.480 e. The molecule has 0 bridgehead atoms. The largest absolute Gasteiger partial charge is 0.480 e.